The number of carbonyl (C=O) groups is 1. The average molecular weight is 370 g/mol. The molecule has 1 aliphatic heterocycles. The molecule has 3 heterocycles. The van der Waals surface area contributed by atoms with E-state index in [4.69, 9.17) is 5.11 Å². The highest BCUT2D eigenvalue weighted by molar-refractivity contribution is 5.84. The number of aromatic nitrogens is 3. The summed E-state index contributed by atoms with van der Waals surface area (Å²) in [6.45, 7) is 4.60. The molecule has 1 fully saturated rings. The van der Waals surface area contributed by atoms with Gasteiger partial charge in [0.2, 0.25) is 0 Å². The Bertz CT molecular complexity index is 978. The van der Waals surface area contributed by atoms with E-state index < -0.39 is 5.97 Å². The summed E-state index contributed by atoms with van der Waals surface area (Å²) >= 11 is 0. The molecule has 6 nitrogen and oxygen atoms in total. The van der Waals surface area contributed by atoms with Crippen LogP contribution in [0.4, 0.5) is 4.39 Å². The van der Waals surface area contributed by atoms with Gasteiger partial charge in [0.15, 0.2) is 0 Å². The number of aliphatic carboxylic acids is 1. The molecule has 27 heavy (non-hydrogen) atoms. The normalized spacial score (nSPS) is 18.2. The van der Waals surface area contributed by atoms with Gasteiger partial charge in [0.25, 0.3) is 0 Å². The number of rotatable bonds is 5. The SMILES string of the molecule is Cc1c(CN2CCC[C@@H](c3ccn(CC(=O)O)n3)C2)[nH]c2ccc(F)cc12. The number of benzene rings is 1. The lowest BCUT2D eigenvalue weighted by Crippen LogP contribution is -2.34. The molecule has 2 N–H and O–H groups in total. The van der Waals surface area contributed by atoms with Crippen molar-refractivity contribution < 1.29 is 14.3 Å². The van der Waals surface area contributed by atoms with E-state index in [1.165, 1.54) is 10.7 Å². The molecule has 0 bridgehead atoms. The number of aryl methyl sites for hydroxylation is 1. The minimum absolute atomic E-state index is 0.110. The molecule has 4 rings (SSSR count). The van der Waals surface area contributed by atoms with Gasteiger partial charge < -0.3 is 10.1 Å². The van der Waals surface area contributed by atoms with Crippen molar-refractivity contribution in [3.63, 3.8) is 0 Å². The van der Waals surface area contributed by atoms with Gasteiger partial charge in [-0.05, 0) is 56.1 Å². The molecule has 0 radical (unpaired) electrons. The third-order valence-corrected chi connectivity index (χ3v) is 5.39. The van der Waals surface area contributed by atoms with Crippen molar-refractivity contribution in [1.82, 2.24) is 19.7 Å². The Balaban J connectivity index is 1.48. The molecule has 0 saturated carbocycles. The highest BCUT2D eigenvalue weighted by Gasteiger charge is 2.24. The van der Waals surface area contributed by atoms with Crippen LogP contribution in [0.15, 0.2) is 30.5 Å². The first-order valence-electron chi connectivity index (χ1n) is 9.24. The summed E-state index contributed by atoms with van der Waals surface area (Å²) in [5.74, 6) is -0.803. The lowest BCUT2D eigenvalue weighted by molar-refractivity contribution is -0.137. The molecule has 2 aromatic heterocycles. The zero-order valence-electron chi connectivity index (χ0n) is 15.3. The van der Waals surface area contributed by atoms with Gasteiger partial charge in [-0.2, -0.15) is 5.10 Å². The fourth-order valence-corrected chi connectivity index (χ4v) is 4.00. The highest BCUT2D eigenvalue weighted by Crippen LogP contribution is 2.29. The summed E-state index contributed by atoms with van der Waals surface area (Å²) in [5, 5.41) is 14.3. The summed E-state index contributed by atoms with van der Waals surface area (Å²) in [4.78, 5) is 16.7. The number of hydrogen-bond donors (Lipinski definition) is 2. The van der Waals surface area contributed by atoms with Gasteiger partial charge >= 0.3 is 5.97 Å². The van der Waals surface area contributed by atoms with Crippen LogP contribution >= 0.6 is 0 Å². The molecule has 1 aliphatic rings. The van der Waals surface area contributed by atoms with Crippen molar-refractivity contribution in [3.05, 3.63) is 53.2 Å². The standard InChI is InChI=1S/C20H23FN4O2/c1-13-16-9-15(21)4-5-18(16)22-19(13)11-24-7-2-3-14(10-24)17-6-8-25(23-17)12-20(26)27/h4-6,8-9,14,22H,2-3,7,10-12H2,1H3,(H,26,27)/t14-/m1/s1. The van der Waals surface area contributed by atoms with Crippen molar-refractivity contribution in [2.75, 3.05) is 13.1 Å². The van der Waals surface area contributed by atoms with E-state index in [0.717, 1.165) is 60.3 Å². The van der Waals surface area contributed by atoms with Crippen molar-refractivity contribution in [2.45, 2.75) is 38.8 Å². The second-order valence-electron chi connectivity index (χ2n) is 7.32. The third-order valence-electron chi connectivity index (χ3n) is 5.39. The summed E-state index contributed by atoms with van der Waals surface area (Å²) in [5.41, 5.74) is 4.13. The zero-order chi connectivity index (χ0) is 19.0. The minimum atomic E-state index is -0.888. The number of H-pyrrole nitrogens is 1. The topological polar surface area (TPSA) is 74.2 Å². The Morgan fingerprint density at radius 3 is 3.07 bits per heavy atom. The van der Waals surface area contributed by atoms with Gasteiger partial charge in [-0.15, -0.1) is 0 Å². The number of nitrogens with one attached hydrogen (secondary N) is 1. The van der Waals surface area contributed by atoms with Crippen LogP contribution in [0, 0.1) is 12.7 Å². The van der Waals surface area contributed by atoms with E-state index in [1.807, 2.05) is 13.0 Å². The quantitative estimate of drug-likeness (QED) is 0.723. The van der Waals surface area contributed by atoms with E-state index in [-0.39, 0.29) is 12.4 Å². The van der Waals surface area contributed by atoms with Crippen LogP contribution in [-0.2, 0) is 17.9 Å². The molecule has 0 amide bonds. The molecule has 1 atom stereocenters. The smallest absolute Gasteiger partial charge is 0.325 e. The lowest BCUT2D eigenvalue weighted by Gasteiger charge is -2.31. The zero-order valence-corrected chi connectivity index (χ0v) is 15.3. The van der Waals surface area contributed by atoms with E-state index in [9.17, 15) is 9.18 Å². The number of hydrogen-bond acceptors (Lipinski definition) is 3. The average Bonchev–Trinajstić information content (AvgIpc) is 3.21. The number of nitrogens with zero attached hydrogens (tertiary/aromatic N) is 3. The molecule has 3 aromatic rings. The van der Waals surface area contributed by atoms with Gasteiger partial charge in [0, 0.05) is 41.8 Å². The van der Waals surface area contributed by atoms with Crippen LogP contribution in [0.3, 0.4) is 0 Å². The van der Waals surface area contributed by atoms with Crippen LogP contribution in [0.2, 0.25) is 0 Å². The fraction of sp³-hybridized carbons (Fsp3) is 0.400. The van der Waals surface area contributed by atoms with Crippen molar-refractivity contribution in [3.8, 4) is 0 Å². The number of likely N-dealkylation sites (tertiary alicyclic amines) is 1. The summed E-state index contributed by atoms with van der Waals surface area (Å²) < 4.78 is 15.0. The van der Waals surface area contributed by atoms with Gasteiger partial charge in [-0.25, -0.2) is 4.39 Å². The molecule has 142 valence electrons. The molecule has 1 saturated heterocycles. The maximum Gasteiger partial charge on any atom is 0.325 e. The maximum absolute atomic E-state index is 13.5. The van der Waals surface area contributed by atoms with Crippen molar-refractivity contribution in [1.29, 1.82) is 0 Å². The van der Waals surface area contributed by atoms with Crippen LogP contribution in [-0.4, -0.2) is 43.8 Å². The molecule has 0 aliphatic carbocycles. The fourth-order valence-electron chi connectivity index (χ4n) is 4.00. The van der Waals surface area contributed by atoms with Crippen LogP contribution < -0.4 is 0 Å². The molecule has 0 unspecified atom stereocenters. The van der Waals surface area contributed by atoms with E-state index >= 15 is 0 Å². The molecule has 0 spiro atoms. The first kappa shape index (κ1) is 17.7. The minimum Gasteiger partial charge on any atom is -0.480 e. The second-order valence-corrected chi connectivity index (χ2v) is 7.32. The third kappa shape index (κ3) is 3.73. The number of aromatic amines is 1. The van der Waals surface area contributed by atoms with Gasteiger partial charge in [0.1, 0.15) is 12.4 Å². The molecular formula is C20H23FN4O2. The van der Waals surface area contributed by atoms with E-state index in [2.05, 4.69) is 15.0 Å². The first-order valence-corrected chi connectivity index (χ1v) is 9.24. The Hall–Kier alpha value is -2.67. The van der Waals surface area contributed by atoms with E-state index in [0.29, 0.717) is 5.92 Å². The van der Waals surface area contributed by atoms with Crippen LogP contribution in [0.1, 0.15) is 35.7 Å². The number of carboxylic acid groups (broad SMARTS) is 1. The molecule has 1 aromatic carbocycles. The Morgan fingerprint density at radius 1 is 1.41 bits per heavy atom. The Morgan fingerprint density at radius 2 is 2.26 bits per heavy atom. The predicted molar refractivity (Wildman–Crippen MR) is 100 cm³/mol. The maximum atomic E-state index is 13.5. The Labute approximate surface area is 156 Å². The number of halogens is 1. The Kier molecular flexibility index (Phi) is 4.70. The van der Waals surface area contributed by atoms with E-state index in [1.54, 1.807) is 18.3 Å². The van der Waals surface area contributed by atoms with Crippen LogP contribution in [0.25, 0.3) is 10.9 Å². The summed E-state index contributed by atoms with van der Waals surface area (Å²) in [7, 11) is 0. The molecule has 7 heteroatoms. The number of piperidine rings is 1. The van der Waals surface area contributed by atoms with Gasteiger partial charge in [-0.3, -0.25) is 14.4 Å². The number of carboxylic acids is 1. The highest BCUT2D eigenvalue weighted by atomic mass is 19.1. The monoisotopic (exact) mass is 370 g/mol. The number of fused-ring (bicyclic) bond motifs is 1. The summed E-state index contributed by atoms with van der Waals surface area (Å²) in [6.07, 6.45) is 3.86. The van der Waals surface area contributed by atoms with Gasteiger partial charge in [-0.1, -0.05) is 0 Å². The lowest BCUT2D eigenvalue weighted by atomic mass is 9.95. The largest absolute Gasteiger partial charge is 0.480 e. The van der Waals surface area contributed by atoms with Gasteiger partial charge in [0.05, 0.1) is 5.69 Å². The van der Waals surface area contributed by atoms with Crippen molar-refractivity contribution in [2.24, 2.45) is 0 Å². The predicted octanol–water partition coefficient (Wildman–Crippen LogP) is 3.28. The molecular weight excluding hydrogens is 347 g/mol. The summed E-state index contributed by atoms with van der Waals surface area (Å²) in [6, 6.07) is 6.77. The second kappa shape index (κ2) is 7.15. The first-order chi connectivity index (χ1) is 13.0. The van der Waals surface area contributed by atoms with Crippen molar-refractivity contribution >= 4 is 16.9 Å². The van der Waals surface area contributed by atoms with Crippen LogP contribution in [0.5, 0.6) is 0 Å².